The molecular weight excluding hydrogens is 464 g/mol. The molecule has 33 heavy (non-hydrogen) atoms. The number of aromatic nitrogens is 5. The van der Waals surface area contributed by atoms with Crippen LogP contribution in [-0.2, 0) is 18.9 Å². The van der Waals surface area contributed by atoms with Gasteiger partial charge in [0, 0.05) is 25.0 Å². The highest BCUT2D eigenvalue weighted by atomic mass is 32.2. The summed E-state index contributed by atoms with van der Waals surface area (Å²) in [4.78, 5) is 51.2. The van der Waals surface area contributed by atoms with Gasteiger partial charge in [-0.05, 0) is 31.2 Å². The Balaban J connectivity index is 1.77. The van der Waals surface area contributed by atoms with Crippen LogP contribution in [0.25, 0.3) is 22.4 Å². The first-order chi connectivity index (χ1) is 15.8. The Kier molecular flexibility index (Phi) is 6.29. The predicted octanol–water partition coefficient (Wildman–Crippen LogP) is 2.20. The number of hydrogen-bond donors (Lipinski definition) is 1. The molecule has 0 bridgehead atoms. The SMILES string of the molecule is COc1ccc(-c2nc(SCC(=O)Nc3nc(C)cs3)c3c(=O)n(C)c(=O)n(C)c3n2)cc1. The lowest BCUT2D eigenvalue weighted by molar-refractivity contribution is -0.113. The van der Waals surface area contributed by atoms with Crippen molar-refractivity contribution in [1.82, 2.24) is 24.1 Å². The molecule has 4 rings (SSSR count). The lowest BCUT2D eigenvalue weighted by Crippen LogP contribution is -2.37. The zero-order valence-corrected chi connectivity index (χ0v) is 19.9. The largest absolute Gasteiger partial charge is 0.497 e. The van der Waals surface area contributed by atoms with Gasteiger partial charge in [0.2, 0.25) is 5.91 Å². The summed E-state index contributed by atoms with van der Waals surface area (Å²) in [5.41, 5.74) is 0.670. The van der Waals surface area contributed by atoms with Gasteiger partial charge in [0.1, 0.15) is 16.2 Å². The number of methoxy groups -OCH3 is 1. The predicted molar refractivity (Wildman–Crippen MR) is 128 cm³/mol. The van der Waals surface area contributed by atoms with Crippen LogP contribution < -0.4 is 21.3 Å². The van der Waals surface area contributed by atoms with Gasteiger partial charge in [0.05, 0.1) is 18.6 Å². The minimum Gasteiger partial charge on any atom is -0.497 e. The third-order valence-corrected chi connectivity index (χ3v) is 6.67. The van der Waals surface area contributed by atoms with Crippen molar-refractivity contribution >= 4 is 45.2 Å². The van der Waals surface area contributed by atoms with E-state index in [1.807, 2.05) is 12.3 Å². The van der Waals surface area contributed by atoms with Gasteiger partial charge < -0.3 is 10.1 Å². The van der Waals surface area contributed by atoms with Crippen molar-refractivity contribution in [1.29, 1.82) is 0 Å². The van der Waals surface area contributed by atoms with Crippen molar-refractivity contribution in [2.45, 2.75) is 11.9 Å². The molecular formula is C21H20N6O4S2. The second kappa shape index (κ2) is 9.16. The van der Waals surface area contributed by atoms with E-state index in [9.17, 15) is 14.4 Å². The van der Waals surface area contributed by atoms with Crippen LogP contribution in [0.4, 0.5) is 5.13 Å². The summed E-state index contributed by atoms with van der Waals surface area (Å²) in [6.07, 6.45) is 0. The first-order valence-electron chi connectivity index (χ1n) is 9.75. The number of amides is 1. The van der Waals surface area contributed by atoms with Gasteiger partial charge in [-0.1, -0.05) is 11.8 Å². The Morgan fingerprint density at radius 2 is 1.85 bits per heavy atom. The number of ether oxygens (including phenoxy) is 1. The van der Waals surface area contributed by atoms with Crippen LogP contribution in [0.3, 0.4) is 0 Å². The maximum atomic E-state index is 12.9. The van der Waals surface area contributed by atoms with Crippen molar-refractivity contribution in [2.75, 3.05) is 18.2 Å². The zero-order chi connectivity index (χ0) is 23.7. The number of fused-ring (bicyclic) bond motifs is 1. The Labute approximate surface area is 196 Å². The van der Waals surface area contributed by atoms with Gasteiger partial charge in [-0.25, -0.2) is 19.7 Å². The van der Waals surface area contributed by atoms with E-state index < -0.39 is 11.2 Å². The number of aryl methyl sites for hydroxylation is 2. The van der Waals surface area contributed by atoms with E-state index >= 15 is 0 Å². The Morgan fingerprint density at radius 3 is 2.48 bits per heavy atom. The highest BCUT2D eigenvalue weighted by Gasteiger charge is 2.19. The number of carbonyl (C=O) groups is 1. The van der Waals surface area contributed by atoms with Gasteiger partial charge in [-0.2, -0.15) is 0 Å². The van der Waals surface area contributed by atoms with Crippen molar-refractivity contribution < 1.29 is 9.53 Å². The maximum Gasteiger partial charge on any atom is 0.332 e. The summed E-state index contributed by atoms with van der Waals surface area (Å²) in [6.45, 7) is 1.84. The standard InChI is InChI=1S/C21H20N6O4S2/c1-11-9-33-20(22-11)23-14(28)10-32-18-15-17(26(2)21(30)27(3)19(15)29)24-16(25-18)12-5-7-13(31-4)8-6-12/h5-9H,10H2,1-4H3,(H,22,23,28). The molecule has 0 aliphatic rings. The summed E-state index contributed by atoms with van der Waals surface area (Å²) in [5.74, 6) is 0.712. The average Bonchev–Trinajstić information content (AvgIpc) is 3.23. The van der Waals surface area contributed by atoms with Gasteiger partial charge in [0.25, 0.3) is 5.56 Å². The second-order valence-electron chi connectivity index (χ2n) is 7.12. The van der Waals surface area contributed by atoms with Crippen molar-refractivity contribution in [3.05, 3.63) is 56.2 Å². The van der Waals surface area contributed by atoms with Crippen molar-refractivity contribution in [3.63, 3.8) is 0 Å². The molecule has 1 N–H and O–H groups in total. The van der Waals surface area contributed by atoms with E-state index in [1.54, 1.807) is 38.4 Å². The van der Waals surface area contributed by atoms with Crippen LogP contribution in [0.1, 0.15) is 5.69 Å². The molecule has 10 nitrogen and oxygen atoms in total. The zero-order valence-electron chi connectivity index (χ0n) is 18.3. The Morgan fingerprint density at radius 1 is 1.12 bits per heavy atom. The molecule has 12 heteroatoms. The van der Waals surface area contributed by atoms with E-state index in [1.165, 1.54) is 23.0 Å². The molecule has 0 aliphatic carbocycles. The molecule has 0 saturated carbocycles. The van der Waals surface area contributed by atoms with Crippen LogP contribution >= 0.6 is 23.1 Å². The molecule has 0 fully saturated rings. The molecule has 4 aromatic rings. The lowest BCUT2D eigenvalue weighted by atomic mass is 10.2. The van der Waals surface area contributed by atoms with Crippen LogP contribution in [0, 0.1) is 6.92 Å². The fourth-order valence-electron chi connectivity index (χ4n) is 3.10. The van der Waals surface area contributed by atoms with Gasteiger partial charge in [0.15, 0.2) is 16.6 Å². The molecule has 3 aromatic heterocycles. The second-order valence-corrected chi connectivity index (χ2v) is 8.94. The van der Waals surface area contributed by atoms with Crippen molar-refractivity contribution in [2.24, 2.45) is 14.1 Å². The first kappa shape index (κ1) is 22.7. The molecule has 0 radical (unpaired) electrons. The summed E-state index contributed by atoms with van der Waals surface area (Å²) < 4.78 is 7.50. The van der Waals surface area contributed by atoms with E-state index in [-0.39, 0.29) is 22.7 Å². The molecule has 0 unspecified atom stereocenters. The van der Waals surface area contributed by atoms with Gasteiger partial charge in [-0.15, -0.1) is 11.3 Å². The van der Waals surface area contributed by atoms with Crippen LogP contribution in [0.2, 0.25) is 0 Å². The highest BCUT2D eigenvalue weighted by Crippen LogP contribution is 2.27. The number of anilines is 1. The molecule has 170 valence electrons. The van der Waals surface area contributed by atoms with E-state index in [0.717, 1.165) is 22.0 Å². The molecule has 3 heterocycles. The van der Waals surface area contributed by atoms with Gasteiger partial charge in [-0.3, -0.25) is 18.7 Å². The monoisotopic (exact) mass is 484 g/mol. The minimum absolute atomic E-state index is 0.00120. The average molecular weight is 485 g/mol. The molecule has 0 atom stereocenters. The summed E-state index contributed by atoms with van der Waals surface area (Å²) >= 11 is 2.43. The molecule has 0 aliphatic heterocycles. The minimum atomic E-state index is -0.521. The molecule has 0 spiro atoms. The smallest absolute Gasteiger partial charge is 0.332 e. The maximum absolute atomic E-state index is 12.9. The summed E-state index contributed by atoms with van der Waals surface area (Å²) in [5, 5.41) is 5.57. The fraction of sp³-hybridized carbons (Fsp3) is 0.238. The topological polar surface area (TPSA) is 121 Å². The normalized spacial score (nSPS) is 11.0. The third-order valence-electron chi connectivity index (χ3n) is 4.82. The number of benzene rings is 1. The van der Waals surface area contributed by atoms with E-state index in [0.29, 0.717) is 27.3 Å². The number of hydrogen-bond acceptors (Lipinski definition) is 9. The van der Waals surface area contributed by atoms with Gasteiger partial charge >= 0.3 is 5.69 Å². The fourth-order valence-corrected chi connectivity index (χ4v) is 4.62. The number of thiazole rings is 1. The molecule has 1 amide bonds. The number of rotatable bonds is 6. The van der Waals surface area contributed by atoms with Crippen LogP contribution in [0.5, 0.6) is 5.75 Å². The molecule has 1 aromatic carbocycles. The lowest BCUT2D eigenvalue weighted by Gasteiger charge is -2.12. The Bertz CT molecular complexity index is 1470. The number of nitrogens with zero attached hydrogens (tertiary/aromatic N) is 5. The third kappa shape index (κ3) is 4.52. The number of nitrogens with one attached hydrogen (secondary N) is 1. The van der Waals surface area contributed by atoms with Crippen LogP contribution in [-0.4, -0.2) is 42.9 Å². The summed E-state index contributed by atoms with van der Waals surface area (Å²) in [7, 11) is 4.51. The first-order valence-corrected chi connectivity index (χ1v) is 11.6. The highest BCUT2D eigenvalue weighted by molar-refractivity contribution is 8.00. The number of carbonyl (C=O) groups excluding carboxylic acids is 1. The van der Waals surface area contributed by atoms with Crippen molar-refractivity contribution in [3.8, 4) is 17.1 Å². The Hall–Kier alpha value is -3.51. The summed E-state index contributed by atoms with van der Waals surface area (Å²) in [6, 6.07) is 7.10. The van der Waals surface area contributed by atoms with E-state index in [4.69, 9.17) is 4.74 Å². The quantitative estimate of drug-likeness (QED) is 0.327. The van der Waals surface area contributed by atoms with Crippen LogP contribution in [0.15, 0.2) is 44.3 Å². The number of thioether (sulfide) groups is 1. The van der Waals surface area contributed by atoms with E-state index in [2.05, 4.69) is 20.3 Å². The molecule has 0 saturated heterocycles.